The maximum Gasteiger partial charge on any atom is 0.310 e. The van der Waals surface area contributed by atoms with E-state index in [0.717, 1.165) is 44.9 Å². The van der Waals surface area contributed by atoms with Crippen molar-refractivity contribution in [2.75, 3.05) is 0 Å². The number of unbranched alkanes of at least 4 members (excludes halogenated alkanes) is 8. The Morgan fingerprint density at radius 1 is 0.724 bits per heavy atom. The first-order valence-corrected chi connectivity index (χ1v) is 12.3. The molecule has 0 heterocycles. The maximum atomic E-state index is 12.5. The molecule has 29 heavy (non-hydrogen) atoms. The molecule has 1 rings (SSSR count). The molecule has 0 radical (unpaired) electrons. The van der Waals surface area contributed by atoms with Crippen LogP contribution in [0.3, 0.4) is 0 Å². The molecule has 1 aliphatic carbocycles. The molecule has 170 valence electrons. The van der Waals surface area contributed by atoms with E-state index in [9.17, 15) is 19.8 Å². The molecule has 4 heteroatoms. The third-order valence-electron chi connectivity index (χ3n) is 7.28. The Labute approximate surface area is 178 Å². The molecule has 0 aromatic carbocycles. The quantitative estimate of drug-likeness (QED) is 0.259. The summed E-state index contributed by atoms with van der Waals surface area (Å²) < 4.78 is 0. The predicted molar refractivity (Wildman–Crippen MR) is 119 cm³/mol. The topological polar surface area (TPSA) is 74.6 Å². The van der Waals surface area contributed by atoms with Crippen LogP contribution < -0.4 is 0 Å². The molecule has 1 aliphatic rings. The Bertz CT molecular complexity index is 487. The zero-order chi connectivity index (χ0) is 21.8. The van der Waals surface area contributed by atoms with E-state index in [2.05, 4.69) is 20.8 Å². The van der Waals surface area contributed by atoms with Crippen molar-refractivity contribution in [2.24, 2.45) is 16.7 Å². The molecule has 0 amide bonds. The first kappa shape index (κ1) is 26.0. The maximum absolute atomic E-state index is 12.5. The van der Waals surface area contributed by atoms with E-state index in [-0.39, 0.29) is 0 Å². The van der Waals surface area contributed by atoms with E-state index < -0.39 is 22.8 Å². The van der Waals surface area contributed by atoms with Gasteiger partial charge in [-0.05, 0) is 31.6 Å². The summed E-state index contributed by atoms with van der Waals surface area (Å²) in [7, 11) is 0. The Morgan fingerprint density at radius 2 is 1.14 bits per heavy atom. The van der Waals surface area contributed by atoms with Gasteiger partial charge in [-0.15, -0.1) is 0 Å². The smallest absolute Gasteiger partial charge is 0.310 e. The second-order valence-electron chi connectivity index (χ2n) is 9.85. The van der Waals surface area contributed by atoms with E-state index in [4.69, 9.17) is 0 Å². The molecule has 2 atom stereocenters. The second kappa shape index (κ2) is 13.3. The third-order valence-corrected chi connectivity index (χ3v) is 7.28. The largest absolute Gasteiger partial charge is 0.481 e. The van der Waals surface area contributed by atoms with Crippen LogP contribution in [0.5, 0.6) is 0 Å². The Morgan fingerprint density at radius 3 is 1.55 bits per heavy atom. The van der Waals surface area contributed by atoms with Gasteiger partial charge in [-0.25, -0.2) is 0 Å². The van der Waals surface area contributed by atoms with E-state index in [1.165, 1.54) is 38.5 Å². The first-order chi connectivity index (χ1) is 13.8. The molecule has 1 fully saturated rings. The van der Waals surface area contributed by atoms with E-state index in [0.29, 0.717) is 31.6 Å². The Kier molecular flexibility index (Phi) is 11.9. The molecule has 2 unspecified atom stereocenters. The molecule has 2 N–H and O–H groups in total. The molecular weight excluding hydrogens is 364 g/mol. The van der Waals surface area contributed by atoms with Crippen molar-refractivity contribution in [1.82, 2.24) is 0 Å². The van der Waals surface area contributed by atoms with Gasteiger partial charge in [0.15, 0.2) is 0 Å². The highest BCUT2D eigenvalue weighted by molar-refractivity contribution is 5.87. The molecule has 0 aromatic rings. The zero-order valence-electron chi connectivity index (χ0n) is 19.3. The van der Waals surface area contributed by atoms with Gasteiger partial charge in [0, 0.05) is 0 Å². The molecule has 0 bridgehead atoms. The lowest BCUT2D eigenvalue weighted by molar-refractivity contribution is -0.182. The molecular formula is C25H46O4. The number of aliphatic carboxylic acids is 2. The minimum absolute atomic E-state index is 0.504. The number of hydrogen-bond acceptors (Lipinski definition) is 2. The van der Waals surface area contributed by atoms with Crippen LogP contribution in [0.2, 0.25) is 0 Å². The van der Waals surface area contributed by atoms with E-state index >= 15 is 0 Å². The van der Waals surface area contributed by atoms with Gasteiger partial charge in [-0.2, -0.15) is 0 Å². The highest BCUT2D eigenvalue weighted by atomic mass is 16.4. The summed E-state index contributed by atoms with van der Waals surface area (Å²) in [5, 5.41) is 20.5. The number of carbonyl (C=O) groups is 2. The minimum atomic E-state index is -1.09. The van der Waals surface area contributed by atoms with Crippen LogP contribution in [-0.2, 0) is 9.59 Å². The molecule has 0 spiro atoms. The van der Waals surface area contributed by atoms with Gasteiger partial charge in [-0.1, -0.05) is 104 Å². The van der Waals surface area contributed by atoms with Gasteiger partial charge >= 0.3 is 11.9 Å². The lowest BCUT2D eigenvalue weighted by Crippen LogP contribution is -2.54. The van der Waals surface area contributed by atoms with Gasteiger partial charge in [0.1, 0.15) is 0 Å². The first-order valence-electron chi connectivity index (χ1n) is 12.3. The lowest BCUT2D eigenvalue weighted by Gasteiger charge is -2.49. The van der Waals surface area contributed by atoms with Crippen molar-refractivity contribution < 1.29 is 19.8 Å². The highest BCUT2D eigenvalue weighted by Gasteiger charge is 2.61. The molecule has 1 saturated carbocycles. The van der Waals surface area contributed by atoms with Crippen molar-refractivity contribution >= 4 is 11.9 Å². The van der Waals surface area contributed by atoms with Crippen LogP contribution in [0.25, 0.3) is 0 Å². The highest BCUT2D eigenvalue weighted by Crippen LogP contribution is 2.57. The molecule has 0 aliphatic heterocycles. The summed E-state index contributed by atoms with van der Waals surface area (Å²) in [5.41, 5.74) is -2.18. The summed E-state index contributed by atoms with van der Waals surface area (Å²) in [6.07, 6.45) is 16.1. The van der Waals surface area contributed by atoms with Crippen LogP contribution in [0.4, 0.5) is 0 Å². The number of hydrogen-bond donors (Lipinski definition) is 2. The van der Waals surface area contributed by atoms with Gasteiger partial charge in [0.25, 0.3) is 0 Å². The molecule has 4 nitrogen and oxygen atoms in total. The number of carboxylic acid groups (broad SMARTS) is 2. The van der Waals surface area contributed by atoms with Crippen molar-refractivity contribution in [3.05, 3.63) is 0 Å². The normalized spacial score (nSPS) is 24.7. The minimum Gasteiger partial charge on any atom is -0.481 e. The lowest BCUT2D eigenvalue weighted by atomic mass is 9.52. The summed E-state index contributed by atoms with van der Waals surface area (Å²) in [6, 6.07) is 0. The van der Waals surface area contributed by atoms with Crippen molar-refractivity contribution in [1.29, 1.82) is 0 Å². The summed E-state index contributed by atoms with van der Waals surface area (Å²) in [6.45, 7) is 6.51. The average Bonchev–Trinajstić information content (AvgIpc) is 2.67. The third kappa shape index (κ3) is 7.29. The SMILES string of the molecule is CCCCCCCCCCCC1(C(=O)O)CCCCC1(CCCC(C)C)C(=O)O. The van der Waals surface area contributed by atoms with Crippen LogP contribution in [-0.4, -0.2) is 22.2 Å². The summed E-state index contributed by atoms with van der Waals surface area (Å²) in [4.78, 5) is 25.0. The van der Waals surface area contributed by atoms with Crippen LogP contribution in [0.1, 0.15) is 130 Å². The monoisotopic (exact) mass is 410 g/mol. The average molecular weight is 411 g/mol. The fraction of sp³-hybridized carbons (Fsp3) is 0.920. The van der Waals surface area contributed by atoms with Crippen LogP contribution in [0, 0.1) is 16.7 Å². The molecule has 0 saturated heterocycles. The van der Waals surface area contributed by atoms with Crippen LogP contribution >= 0.6 is 0 Å². The Balaban J connectivity index is 2.71. The van der Waals surface area contributed by atoms with Gasteiger partial charge in [-0.3, -0.25) is 9.59 Å². The summed E-state index contributed by atoms with van der Waals surface area (Å²) in [5.74, 6) is -1.23. The number of carboxylic acids is 2. The fourth-order valence-electron chi connectivity index (χ4n) is 5.45. The zero-order valence-corrected chi connectivity index (χ0v) is 19.3. The van der Waals surface area contributed by atoms with E-state index in [1.54, 1.807) is 0 Å². The van der Waals surface area contributed by atoms with Crippen molar-refractivity contribution in [2.45, 2.75) is 130 Å². The van der Waals surface area contributed by atoms with Crippen molar-refractivity contribution in [3.8, 4) is 0 Å². The fourth-order valence-corrected chi connectivity index (χ4v) is 5.45. The van der Waals surface area contributed by atoms with Crippen LogP contribution in [0.15, 0.2) is 0 Å². The summed E-state index contributed by atoms with van der Waals surface area (Å²) >= 11 is 0. The second-order valence-corrected chi connectivity index (χ2v) is 9.85. The van der Waals surface area contributed by atoms with Crippen molar-refractivity contribution in [3.63, 3.8) is 0 Å². The van der Waals surface area contributed by atoms with Gasteiger partial charge in [0.05, 0.1) is 10.8 Å². The predicted octanol–water partition coefficient (Wildman–Crippen LogP) is 7.45. The molecule has 0 aromatic heterocycles. The van der Waals surface area contributed by atoms with Gasteiger partial charge < -0.3 is 10.2 Å². The number of rotatable bonds is 16. The standard InChI is InChI=1S/C25H46O4/c1-4-5-6-7-8-9-10-11-12-17-24(22(26)27)18-13-14-19-25(24,23(28)29)20-15-16-21(2)3/h21H,4-20H2,1-3H3,(H,26,27)(H,28,29). The van der Waals surface area contributed by atoms with Gasteiger partial charge in [0.2, 0.25) is 0 Å². The van der Waals surface area contributed by atoms with E-state index in [1.807, 2.05) is 0 Å². The Hall–Kier alpha value is -1.06.